The minimum atomic E-state index is -4.64. The molecule has 0 spiro atoms. The molecule has 0 bridgehead atoms. The van der Waals surface area contributed by atoms with E-state index in [1.807, 2.05) is 12.9 Å². The highest BCUT2D eigenvalue weighted by Gasteiger charge is 2.34. The molecular formula is C29H36F6N2O3. The third-order valence-electron chi connectivity index (χ3n) is 6.00. The van der Waals surface area contributed by atoms with Crippen molar-refractivity contribution in [3.8, 4) is 5.75 Å². The maximum absolute atomic E-state index is 12.7. The molecule has 0 heterocycles. The van der Waals surface area contributed by atoms with Crippen LogP contribution in [0.15, 0.2) is 54.6 Å². The van der Waals surface area contributed by atoms with Crippen molar-refractivity contribution >= 4 is 18.4 Å². The number of anilines is 1. The average molecular weight is 575 g/mol. The van der Waals surface area contributed by atoms with Crippen LogP contribution in [0.2, 0.25) is 0 Å². The van der Waals surface area contributed by atoms with Crippen molar-refractivity contribution < 1.29 is 40.7 Å². The fraction of sp³-hybridized carbons (Fsp3) is 0.379. The van der Waals surface area contributed by atoms with Gasteiger partial charge in [-0.3, -0.25) is 4.79 Å². The van der Waals surface area contributed by atoms with Gasteiger partial charge < -0.3 is 20.6 Å². The van der Waals surface area contributed by atoms with Crippen LogP contribution in [0.1, 0.15) is 55.5 Å². The number of nitrogens with one attached hydrogen (secondary N) is 1. The Balaban J connectivity index is 0.000000553. The van der Waals surface area contributed by atoms with Crippen molar-refractivity contribution in [3.05, 3.63) is 83.2 Å². The normalized spacial score (nSPS) is 16.8. The molecule has 0 aromatic heterocycles. The van der Waals surface area contributed by atoms with Crippen LogP contribution in [0.25, 0.3) is 0 Å². The Kier molecular flexibility index (Phi) is 16.1. The number of primary amides is 1. The number of rotatable bonds is 6. The van der Waals surface area contributed by atoms with Crippen LogP contribution >= 0.6 is 0 Å². The minimum absolute atomic E-state index is 0.0774. The monoisotopic (exact) mass is 574 g/mol. The van der Waals surface area contributed by atoms with Gasteiger partial charge in [0.25, 0.3) is 5.91 Å². The number of hydrogen-bond acceptors (Lipinski definition) is 4. The van der Waals surface area contributed by atoms with E-state index in [1.54, 1.807) is 5.57 Å². The van der Waals surface area contributed by atoms with E-state index >= 15 is 0 Å². The number of methoxy groups -OCH3 is 1. The van der Waals surface area contributed by atoms with E-state index in [0.29, 0.717) is 6.07 Å². The highest BCUT2D eigenvalue weighted by atomic mass is 19.4. The fourth-order valence-electron chi connectivity index (χ4n) is 4.07. The van der Waals surface area contributed by atoms with Crippen LogP contribution < -0.4 is 15.8 Å². The van der Waals surface area contributed by atoms with Gasteiger partial charge in [-0.25, -0.2) is 13.2 Å². The molecule has 5 nitrogen and oxygen atoms in total. The van der Waals surface area contributed by atoms with Crippen molar-refractivity contribution in [1.82, 2.24) is 0 Å². The van der Waals surface area contributed by atoms with Crippen LogP contribution in [0.3, 0.4) is 0 Å². The zero-order valence-corrected chi connectivity index (χ0v) is 23.0. The van der Waals surface area contributed by atoms with Gasteiger partial charge in [-0.2, -0.15) is 13.2 Å². The van der Waals surface area contributed by atoms with Gasteiger partial charge >= 0.3 is 6.18 Å². The number of hydrogen-bond donors (Lipinski definition) is 2. The van der Waals surface area contributed by atoms with Gasteiger partial charge in [0.05, 0.1) is 18.2 Å². The standard InChI is InChI=1S/C12H20.C8H7F4N.C8H7F2NO2.CH2O/c1-4-6-11-9-8-10(3)12(11)7-5-2;1-13-5-2-3-7(9)6(4-5)8(10,11)12;1-13-7-3-6(10)5(9)2-4(7)8(11)12;1-2/h5,7,10-11H,2,4,6,8-9H2,1,3H3;2-4,13H,1H3;2-3H,1H3,(H2,11,12);1H2/b12-7-;;;. The highest BCUT2D eigenvalue weighted by molar-refractivity contribution is 5.95. The van der Waals surface area contributed by atoms with Crippen molar-refractivity contribution in [1.29, 1.82) is 0 Å². The molecule has 2 aromatic carbocycles. The summed E-state index contributed by atoms with van der Waals surface area (Å²) in [6.45, 7) is 10.4. The van der Waals surface area contributed by atoms with E-state index in [2.05, 4.69) is 36.6 Å². The summed E-state index contributed by atoms with van der Waals surface area (Å²) < 4.78 is 78.8. The molecule has 0 radical (unpaired) electrons. The molecule has 3 N–H and O–H groups in total. The van der Waals surface area contributed by atoms with Gasteiger partial charge in [0.2, 0.25) is 0 Å². The van der Waals surface area contributed by atoms with Crippen LogP contribution in [0.4, 0.5) is 32.0 Å². The quantitative estimate of drug-likeness (QED) is 0.346. The predicted molar refractivity (Wildman–Crippen MR) is 145 cm³/mol. The Bertz CT molecular complexity index is 1130. The van der Waals surface area contributed by atoms with Crippen LogP contribution in [-0.2, 0) is 11.0 Å². The molecule has 1 aliphatic carbocycles. The fourth-order valence-corrected chi connectivity index (χ4v) is 4.07. The summed E-state index contributed by atoms with van der Waals surface area (Å²) in [5, 5.41) is 2.50. The molecule has 1 amide bonds. The average Bonchev–Trinajstić information content (AvgIpc) is 3.26. The molecule has 40 heavy (non-hydrogen) atoms. The Hall–Kier alpha value is -3.76. The van der Waals surface area contributed by atoms with E-state index < -0.39 is 35.1 Å². The lowest BCUT2D eigenvalue weighted by molar-refractivity contribution is -0.139. The number of carbonyl (C=O) groups excluding carboxylic acids is 2. The summed E-state index contributed by atoms with van der Waals surface area (Å²) in [5.41, 5.74) is 5.35. The van der Waals surface area contributed by atoms with Crippen LogP contribution in [0, 0.1) is 29.3 Å². The molecule has 1 fully saturated rings. The molecule has 0 saturated heterocycles. The SMILES string of the molecule is C=C/C=C1/C(C)CCC1CCC.C=O.CNc1ccc(F)c(C(F)(F)F)c1.COc1cc(F)c(F)cc1C(N)=O. The van der Waals surface area contributed by atoms with Crippen molar-refractivity contribution in [2.24, 2.45) is 17.6 Å². The first kappa shape index (κ1) is 36.2. The molecule has 1 saturated carbocycles. The Morgan fingerprint density at radius 3 is 2.17 bits per heavy atom. The zero-order chi connectivity index (χ0) is 31.0. The summed E-state index contributed by atoms with van der Waals surface area (Å²) >= 11 is 0. The van der Waals surface area contributed by atoms with Gasteiger partial charge in [0, 0.05) is 18.8 Å². The number of halogens is 6. The molecule has 2 aromatic rings. The lowest BCUT2D eigenvalue weighted by Crippen LogP contribution is -2.13. The lowest BCUT2D eigenvalue weighted by atomic mass is 9.94. The number of benzene rings is 2. The van der Waals surface area contributed by atoms with E-state index in [4.69, 9.17) is 10.5 Å². The second kappa shape index (κ2) is 17.8. The summed E-state index contributed by atoms with van der Waals surface area (Å²) in [6, 6.07) is 4.24. The van der Waals surface area contributed by atoms with Crippen LogP contribution in [-0.4, -0.2) is 26.9 Å². The largest absolute Gasteiger partial charge is 0.496 e. The maximum atomic E-state index is 12.7. The number of allylic oxidation sites excluding steroid dienone is 3. The van der Waals surface area contributed by atoms with Crippen LogP contribution in [0.5, 0.6) is 5.75 Å². The van der Waals surface area contributed by atoms with E-state index in [-0.39, 0.29) is 17.0 Å². The summed E-state index contributed by atoms with van der Waals surface area (Å²) in [6.07, 6.45) is 4.99. The predicted octanol–water partition coefficient (Wildman–Crippen LogP) is 7.72. The number of nitrogens with two attached hydrogens (primary N) is 1. The number of carbonyl (C=O) groups is 2. The van der Waals surface area contributed by atoms with Gasteiger partial charge in [0.15, 0.2) is 11.6 Å². The molecule has 1 aliphatic rings. The Labute approximate surface area is 231 Å². The summed E-state index contributed by atoms with van der Waals surface area (Å²) in [4.78, 5) is 18.7. The summed E-state index contributed by atoms with van der Waals surface area (Å²) in [5.74, 6) is -2.74. The van der Waals surface area contributed by atoms with E-state index in [1.165, 1.54) is 45.9 Å². The molecule has 2 unspecified atom stereocenters. The smallest absolute Gasteiger partial charge is 0.419 e. The van der Waals surface area contributed by atoms with E-state index in [0.717, 1.165) is 30.0 Å². The minimum Gasteiger partial charge on any atom is -0.496 e. The second-order valence-corrected chi connectivity index (χ2v) is 8.64. The first-order valence-electron chi connectivity index (χ1n) is 12.3. The second-order valence-electron chi connectivity index (χ2n) is 8.64. The maximum Gasteiger partial charge on any atom is 0.419 e. The number of ether oxygens (including phenoxy) is 1. The van der Waals surface area contributed by atoms with Gasteiger partial charge in [0.1, 0.15) is 18.4 Å². The Morgan fingerprint density at radius 1 is 1.10 bits per heavy atom. The molecule has 2 atom stereocenters. The molecule has 222 valence electrons. The van der Waals surface area contributed by atoms with Crippen molar-refractivity contribution in [2.75, 3.05) is 19.5 Å². The molecule has 0 aliphatic heterocycles. The van der Waals surface area contributed by atoms with E-state index in [9.17, 15) is 31.1 Å². The first-order chi connectivity index (χ1) is 18.8. The molecule has 3 rings (SSSR count). The third kappa shape index (κ3) is 11.2. The van der Waals surface area contributed by atoms with Gasteiger partial charge in [-0.1, -0.05) is 44.6 Å². The Morgan fingerprint density at radius 2 is 1.70 bits per heavy atom. The zero-order valence-electron chi connectivity index (χ0n) is 23.0. The van der Waals surface area contributed by atoms with Gasteiger partial charge in [-0.05, 0) is 55.4 Å². The summed E-state index contributed by atoms with van der Waals surface area (Å²) in [7, 11) is 2.70. The number of amides is 1. The first-order valence-corrected chi connectivity index (χ1v) is 12.3. The molecule has 11 heteroatoms. The van der Waals surface area contributed by atoms with Crippen molar-refractivity contribution in [2.45, 2.75) is 45.7 Å². The lowest BCUT2D eigenvalue weighted by Gasteiger charge is -2.12. The molecular weight excluding hydrogens is 538 g/mol. The highest BCUT2D eigenvalue weighted by Crippen LogP contribution is 2.38. The van der Waals surface area contributed by atoms with Crippen molar-refractivity contribution in [3.63, 3.8) is 0 Å². The van der Waals surface area contributed by atoms with Gasteiger partial charge in [-0.15, -0.1) is 0 Å². The third-order valence-corrected chi connectivity index (χ3v) is 6.00. The topological polar surface area (TPSA) is 81.4 Å². The number of alkyl halides is 3.